The summed E-state index contributed by atoms with van der Waals surface area (Å²) >= 11 is 0. The lowest BCUT2D eigenvalue weighted by Crippen LogP contribution is -2.32. The molecule has 1 fully saturated rings. The summed E-state index contributed by atoms with van der Waals surface area (Å²) in [5.74, 6) is 1.30. The lowest BCUT2D eigenvalue weighted by atomic mass is 10.0. The van der Waals surface area contributed by atoms with E-state index in [1.807, 2.05) is 37.3 Å². The van der Waals surface area contributed by atoms with Crippen LogP contribution in [0.5, 0.6) is 11.5 Å². The number of carbonyl (C=O) groups excluding carboxylic acids is 2. The van der Waals surface area contributed by atoms with E-state index in [0.29, 0.717) is 11.4 Å². The van der Waals surface area contributed by atoms with Crippen molar-refractivity contribution in [3.8, 4) is 11.5 Å². The SMILES string of the molecule is CCC(NC(=O)COc1cccc(NC(=O)C2CC2)c1)c1ccc(OC)cc1. The van der Waals surface area contributed by atoms with E-state index in [-0.39, 0.29) is 30.4 Å². The van der Waals surface area contributed by atoms with Crippen LogP contribution in [0, 0.1) is 5.92 Å². The largest absolute Gasteiger partial charge is 0.497 e. The number of amides is 2. The van der Waals surface area contributed by atoms with Gasteiger partial charge in [0.2, 0.25) is 5.91 Å². The molecule has 2 N–H and O–H groups in total. The summed E-state index contributed by atoms with van der Waals surface area (Å²) in [5, 5.41) is 5.86. The van der Waals surface area contributed by atoms with Crippen molar-refractivity contribution in [1.29, 1.82) is 0 Å². The molecule has 0 aromatic heterocycles. The predicted molar refractivity (Wildman–Crippen MR) is 107 cm³/mol. The second-order valence-corrected chi connectivity index (χ2v) is 6.88. The summed E-state index contributed by atoms with van der Waals surface area (Å²) in [7, 11) is 1.62. The Morgan fingerprint density at radius 2 is 1.86 bits per heavy atom. The molecule has 2 aromatic rings. The van der Waals surface area contributed by atoms with Crippen LogP contribution in [0.1, 0.15) is 37.8 Å². The summed E-state index contributed by atoms with van der Waals surface area (Å²) in [6.45, 7) is 1.93. The fraction of sp³-hybridized carbons (Fsp3) is 0.364. The quantitative estimate of drug-likeness (QED) is 0.693. The van der Waals surface area contributed by atoms with Gasteiger partial charge in [-0.3, -0.25) is 9.59 Å². The van der Waals surface area contributed by atoms with E-state index in [1.54, 1.807) is 25.3 Å². The van der Waals surface area contributed by atoms with Crippen molar-refractivity contribution < 1.29 is 19.1 Å². The average molecular weight is 382 g/mol. The van der Waals surface area contributed by atoms with Gasteiger partial charge >= 0.3 is 0 Å². The molecular weight excluding hydrogens is 356 g/mol. The van der Waals surface area contributed by atoms with Crippen molar-refractivity contribution in [1.82, 2.24) is 5.32 Å². The fourth-order valence-corrected chi connectivity index (χ4v) is 2.90. The smallest absolute Gasteiger partial charge is 0.258 e. The highest BCUT2D eigenvalue weighted by atomic mass is 16.5. The zero-order valence-electron chi connectivity index (χ0n) is 16.2. The fourth-order valence-electron chi connectivity index (χ4n) is 2.90. The molecule has 0 bridgehead atoms. The molecule has 148 valence electrons. The minimum absolute atomic E-state index is 0.0418. The van der Waals surface area contributed by atoms with Gasteiger partial charge in [-0.05, 0) is 49.1 Å². The highest BCUT2D eigenvalue weighted by Crippen LogP contribution is 2.30. The summed E-state index contributed by atoms with van der Waals surface area (Å²) in [6.07, 6.45) is 2.67. The highest BCUT2D eigenvalue weighted by molar-refractivity contribution is 5.94. The maximum absolute atomic E-state index is 12.3. The average Bonchev–Trinajstić information content (AvgIpc) is 3.56. The van der Waals surface area contributed by atoms with Gasteiger partial charge in [-0.2, -0.15) is 0 Å². The lowest BCUT2D eigenvalue weighted by Gasteiger charge is -2.18. The van der Waals surface area contributed by atoms with E-state index < -0.39 is 0 Å². The van der Waals surface area contributed by atoms with Gasteiger partial charge < -0.3 is 20.1 Å². The summed E-state index contributed by atoms with van der Waals surface area (Å²) < 4.78 is 10.8. The Morgan fingerprint density at radius 1 is 1.11 bits per heavy atom. The Bertz CT molecular complexity index is 816. The van der Waals surface area contributed by atoms with Gasteiger partial charge in [-0.15, -0.1) is 0 Å². The van der Waals surface area contributed by atoms with Crippen molar-refractivity contribution in [3.63, 3.8) is 0 Å². The standard InChI is InChI=1S/C22H26N2O4/c1-3-20(15-9-11-18(27-2)12-10-15)24-21(25)14-28-19-6-4-5-17(13-19)23-22(26)16-7-8-16/h4-6,9-13,16,20H,3,7-8,14H2,1-2H3,(H,23,26)(H,24,25). The van der Waals surface area contributed by atoms with Crippen LogP contribution < -0.4 is 20.1 Å². The van der Waals surface area contributed by atoms with Gasteiger partial charge in [-0.25, -0.2) is 0 Å². The molecule has 2 amide bonds. The molecule has 1 unspecified atom stereocenters. The zero-order valence-corrected chi connectivity index (χ0v) is 16.2. The first-order valence-corrected chi connectivity index (χ1v) is 9.56. The molecule has 1 atom stereocenters. The molecule has 28 heavy (non-hydrogen) atoms. The second kappa shape index (κ2) is 9.26. The number of nitrogens with one attached hydrogen (secondary N) is 2. The Labute approximate surface area is 165 Å². The molecule has 2 aromatic carbocycles. The predicted octanol–water partition coefficient (Wildman–Crippen LogP) is 3.69. The first-order valence-electron chi connectivity index (χ1n) is 9.56. The molecule has 1 saturated carbocycles. The maximum atomic E-state index is 12.3. The molecule has 1 aliphatic rings. The zero-order chi connectivity index (χ0) is 19.9. The van der Waals surface area contributed by atoms with E-state index >= 15 is 0 Å². The molecule has 3 rings (SSSR count). The van der Waals surface area contributed by atoms with Crippen LogP contribution in [0.25, 0.3) is 0 Å². The number of hydrogen-bond donors (Lipinski definition) is 2. The van der Waals surface area contributed by atoms with Crippen molar-refractivity contribution in [2.75, 3.05) is 19.0 Å². The number of hydrogen-bond acceptors (Lipinski definition) is 4. The normalized spacial score (nSPS) is 14.1. The molecule has 6 heteroatoms. The van der Waals surface area contributed by atoms with Crippen LogP contribution in [0.3, 0.4) is 0 Å². The topological polar surface area (TPSA) is 76.7 Å². The number of benzene rings is 2. The van der Waals surface area contributed by atoms with Crippen LogP contribution in [-0.4, -0.2) is 25.5 Å². The molecule has 6 nitrogen and oxygen atoms in total. The van der Waals surface area contributed by atoms with Crippen molar-refractivity contribution in [3.05, 3.63) is 54.1 Å². The van der Waals surface area contributed by atoms with Gasteiger partial charge in [0, 0.05) is 17.7 Å². The molecule has 0 spiro atoms. The minimum atomic E-state index is -0.199. The number of anilines is 1. The molecule has 0 aliphatic heterocycles. The third-order valence-corrected chi connectivity index (χ3v) is 4.68. The van der Waals surface area contributed by atoms with Crippen molar-refractivity contribution in [2.24, 2.45) is 5.92 Å². The first kappa shape index (κ1) is 19.7. The van der Waals surface area contributed by atoms with Gasteiger partial charge in [0.15, 0.2) is 6.61 Å². The first-order chi connectivity index (χ1) is 13.6. The number of ether oxygens (including phenoxy) is 2. The van der Waals surface area contributed by atoms with Gasteiger partial charge in [0.1, 0.15) is 11.5 Å². The summed E-state index contributed by atoms with van der Waals surface area (Å²) in [5.41, 5.74) is 1.70. The lowest BCUT2D eigenvalue weighted by molar-refractivity contribution is -0.124. The van der Waals surface area contributed by atoms with Crippen molar-refractivity contribution in [2.45, 2.75) is 32.2 Å². The number of carbonyl (C=O) groups is 2. The highest BCUT2D eigenvalue weighted by Gasteiger charge is 2.29. The molecule has 0 radical (unpaired) electrons. The van der Waals surface area contributed by atoms with E-state index in [9.17, 15) is 9.59 Å². The number of rotatable bonds is 9. The monoisotopic (exact) mass is 382 g/mol. The Kier molecular flexibility index (Phi) is 6.53. The van der Waals surface area contributed by atoms with E-state index in [1.165, 1.54) is 0 Å². The van der Waals surface area contributed by atoms with Crippen LogP contribution in [0.4, 0.5) is 5.69 Å². The molecule has 1 aliphatic carbocycles. The van der Waals surface area contributed by atoms with E-state index in [2.05, 4.69) is 10.6 Å². The summed E-state index contributed by atoms with van der Waals surface area (Å²) in [6, 6.07) is 14.7. The van der Waals surface area contributed by atoms with Gasteiger partial charge in [0.05, 0.1) is 13.2 Å². The Balaban J connectivity index is 1.51. The van der Waals surface area contributed by atoms with Crippen LogP contribution in [0.15, 0.2) is 48.5 Å². The minimum Gasteiger partial charge on any atom is -0.497 e. The van der Waals surface area contributed by atoms with Crippen LogP contribution in [-0.2, 0) is 9.59 Å². The maximum Gasteiger partial charge on any atom is 0.258 e. The molecular formula is C22H26N2O4. The summed E-state index contributed by atoms with van der Waals surface area (Å²) in [4.78, 5) is 24.2. The Morgan fingerprint density at radius 3 is 2.50 bits per heavy atom. The van der Waals surface area contributed by atoms with Crippen molar-refractivity contribution >= 4 is 17.5 Å². The van der Waals surface area contributed by atoms with Gasteiger partial charge in [-0.1, -0.05) is 25.1 Å². The Hall–Kier alpha value is -3.02. The molecule has 0 heterocycles. The van der Waals surface area contributed by atoms with Gasteiger partial charge in [0.25, 0.3) is 5.91 Å². The third kappa shape index (κ3) is 5.49. The van der Waals surface area contributed by atoms with E-state index in [4.69, 9.17) is 9.47 Å². The number of methoxy groups -OCH3 is 1. The second-order valence-electron chi connectivity index (χ2n) is 6.88. The van der Waals surface area contributed by atoms with Crippen LogP contribution >= 0.6 is 0 Å². The third-order valence-electron chi connectivity index (χ3n) is 4.68. The van der Waals surface area contributed by atoms with Crippen LogP contribution in [0.2, 0.25) is 0 Å². The molecule has 0 saturated heterocycles. The van der Waals surface area contributed by atoms with E-state index in [0.717, 1.165) is 30.6 Å².